The zero-order valence-corrected chi connectivity index (χ0v) is 20.3. The van der Waals surface area contributed by atoms with Crippen molar-refractivity contribution in [1.29, 1.82) is 0 Å². The summed E-state index contributed by atoms with van der Waals surface area (Å²) in [6.07, 6.45) is 1.44. The maximum Gasteiger partial charge on any atom is 0.243 e. The van der Waals surface area contributed by atoms with Crippen molar-refractivity contribution in [2.75, 3.05) is 34.2 Å². The highest BCUT2D eigenvalue weighted by Gasteiger charge is 2.38. The number of aliphatic imine (C=N–C) groups is 1. The minimum Gasteiger partial charge on any atom is -0.356 e. The lowest BCUT2D eigenvalue weighted by Crippen LogP contribution is -2.45. The summed E-state index contributed by atoms with van der Waals surface area (Å²) in [5.74, 6) is 0.840. The predicted octanol–water partition coefficient (Wildman–Crippen LogP) is 2.25. The van der Waals surface area contributed by atoms with E-state index in [9.17, 15) is 9.59 Å². The van der Waals surface area contributed by atoms with Crippen molar-refractivity contribution in [2.45, 2.75) is 38.8 Å². The SMILES string of the molecule is CCC(C)NC(=NCC(=O)N(C)C)NCC1CC(=O)N(C)C1c1ccccc1.I. The van der Waals surface area contributed by atoms with Crippen LogP contribution >= 0.6 is 24.0 Å². The van der Waals surface area contributed by atoms with Gasteiger partial charge >= 0.3 is 0 Å². The molecule has 0 aliphatic carbocycles. The van der Waals surface area contributed by atoms with Crippen molar-refractivity contribution in [3.8, 4) is 0 Å². The van der Waals surface area contributed by atoms with E-state index in [2.05, 4.69) is 41.6 Å². The number of halogens is 1. The van der Waals surface area contributed by atoms with Crippen LogP contribution < -0.4 is 10.6 Å². The van der Waals surface area contributed by atoms with Crippen LogP contribution in [0.15, 0.2) is 35.3 Å². The Morgan fingerprint density at radius 2 is 1.97 bits per heavy atom. The zero-order valence-electron chi connectivity index (χ0n) is 18.0. The third kappa shape index (κ3) is 7.17. The summed E-state index contributed by atoms with van der Waals surface area (Å²) in [5.41, 5.74) is 1.14. The van der Waals surface area contributed by atoms with E-state index in [-0.39, 0.29) is 60.3 Å². The number of carbonyl (C=O) groups is 2. The summed E-state index contributed by atoms with van der Waals surface area (Å²) >= 11 is 0. The molecule has 7 nitrogen and oxygen atoms in total. The number of nitrogens with one attached hydrogen (secondary N) is 2. The van der Waals surface area contributed by atoms with Crippen LogP contribution in [0.2, 0.25) is 0 Å². The number of likely N-dealkylation sites (N-methyl/N-ethyl adjacent to an activating group) is 1. The molecule has 1 aromatic rings. The van der Waals surface area contributed by atoms with Crippen molar-refractivity contribution in [3.05, 3.63) is 35.9 Å². The molecule has 1 heterocycles. The Balaban J connectivity index is 0.00000420. The molecule has 1 aliphatic rings. The van der Waals surface area contributed by atoms with Crippen LogP contribution in [0.4, 0.5) is 0 Å². The van der Waals surface area contributed by atoms with Gasteiger partial charge in [-0.1, -0.05) is 37.3 Å². The molecule has 2 rings (SSSR count). The molecule has 0 spiro atoms. The first-order valence-electron chi connectivity index (χ1n) is 9.89. The minimum atomic E-state index is -0.0526. The van der Waals surface area contributed by atoms with Gasteiger partial charge in [0, 0.05) is 46.1 Å². The second-order valence-corrected chi connectivity index (χ2v) is 7.61. The second-order valence-electron chi connectivity index (χ2n) is 7.61. The van der Waals surface area contributed by atoms with Gasteiger partial charge in [-0.15, -0.1) is 24.0 Å². The topological polar surface area (TPSA) is 77.0 Å². The smallest absolute Gasteiger partial charge is 0.243 e. The number of amides is 2. The lowest BCUT2D eigenvalue weighted by molar-refractivity contribution is -0.128. The van der Waals surface area contributed by atoms with Crippen LogP contribution in [0.1, 0.15) is 38.3 Å². The van der Waals surface area contributed by atoms with Gasteiger partial charge in [0.15, 0.2) is 5.96 Å². The molecule has 1 aromatic carbocycles. The Kier molecular flexibility index (Phi) is 10.4. The van der Waals surface area contributed by atoms with Crippen LogP contribution in [0, 0.1) is 5.92 Å². The molecule has 1 fully saturated rings. The Morgan fingerprint density at radius 1 is 1.31 bits per heavy atom. The number of benzene rings is 1. The number of guanidine groups is 1. The summed E-state index contributed by atoms with van der Waals surface area (Å²) in [4.78, 5) is 32.0. The highest BCUT2D eigenvalue weighted by molar-refractivity contribution is 14.0. The molecule has 2 N–H and O–H groups in total. The predicted molar refractivity (Wildman–Crippen MR) is 127 cm³/mol. The highest BCUT2D eigenvalue weighted by Crippen LogP contribution is 2.36. The molecule has 1 saturated heterocycles. The second kappa shape index (κ2) is 12.0. The highest BCUT2D eigenvalue weighted by atomic mass is 127. The first kappa shape index (κ1) is 25.2. The average Bonchev–Trinajstić information content (AvgIpc) is 2.97. The van der Waals surface area contributed by atoms with E-state index in [1.165, 1.54) is 4.90 Å². The van der Waals surface area contributed by atoms with E-state index in [0.717, 1.165) is 12.0 Å². The van der Waals surface area contributed by atoms with E-state index in [1.54, 1.807) is 14.1 Å². The molecule has 2 amide bonds. The van der Waals surface area contributed by atoms with Crippen molar-refractivity contribution < 1.29 is 9.59 Å². The van der Waals surface area contributed by atoms with E-state index in [1.807, 2.05) is 30.1 Å². The largest absolute Gasteiger partial charge is 0.356 e. The molecule has 3 atom stereocenters. The van der Waals surface area contributed by atoms with E-state index in [0.29, 0.717) is 18.9 Å². The van der Waals surface area contributed by atoms with Gasteiger partial charge in [-0.3, -0.25) is 9.59 Å². The number of likely N-dealkylation sites (tertiary alicyclic amines) is 1. The van der Waals surface area contributed by atoms with E-state index in [4.69, 9.17) is 0 Å². The number of hydrogen-bond donors (Lipinski definition) is 2. The maximum absolute atomic E-state index is 12.3. The standard InChI is InChI=1S/C21H33N5O2.HI/c1-6-15(2)24-21(23-14-19(28)25(3)4)22-13-17-12-18(27)26(5)20(17)16-10-8-7-9-11-16;/h7-11,15,17,20H,6,12-14H2,1-5H3,(H2,22,23,24);1H. The molecular formula is C21H34IN5O2. The van der Waals surface area contributed by atoms with Crippen LogP contribution in [-0.2, 0) is 9.59 Å². The van der Waals surface area contributed by atoms with E-state index < -0.39 is 0 Å². The fourth-order valence-corrected chi connectivity index (χ4v) is 3.28. The Labute approximate surface area is 191 Å². The minimum absolute atomic E-state index is 0. The first-order valence-corrected chi connectivity index (χ1v) is 9.89. The van der Waals surface area contributed by atoms with Crippen molar-refractivity contribution in [2.24, 2.45) is 10.9 Å². The van der Waals surface area contributed by atoms with Crippen molar-refractivity contribution in [1.82, 2.24) is 20.4 Å². The molecule has 8 heteroatoms. The molecule has 0 aromatic heterocycles. The molecule has 1 aliphatic heterocycles. The monoisotopic (exact) mass is 515 g/mol. The fraction of sp³-hybridized carbons (Fsp3) is 0.571. The molecule has 0 radical (unpaired) electrons. The Hall–Kier alpha value is -1.84. The third-order valence-electron chi connectivity index (χ3n) is 5.23. The Bertz CT molecular complexity index is 696. The first-order chi connectivity index (χ1) is 13.3. The van der Waals surface area contributed by atoms with Gasteiger partial charge in [-0.05, 0) is 18.9 Å². The third-order valence-corrected chi connectivity index (χ3v) is 5.23. The molecule has 29 heavy (non-hydrogen) atoms. The molecule has 0 saturated carbocycles. The van der Waals surface area contributed by atoms with Crippen molar-refractivity contribution >= 4 is 41.8 Å². The van der Waals surface area contributed by atoms with Gasteiger partial charge in [0.2, 0.25) is 11.8 Å². The summed E-state index contributed by atoms with van der Waals surface area (Å²) in [5, 5.41) is 6.68. The van der Waals surface area contributed by atoms with Crippen LogP contribution in [-0.4, -0.2) is 67.8 Å². The number of hydrogen-bond acceptors (Lipinski definition) is 3. The molecular weight excluding hydrogens is 481 g/mol. The van der Waals surface area contributed by atoms with E-state index >= 15 is 0 Å². The number of rotatable bonds is 7. The lowest BCUT2D eigenvalue weighted by Gasteiger charge is -2.26. The van der Waals surface area contributed by atoms with Gasteiger partial charge in [-0.2, -0.15) is 0 Å². The lowest BCUT2D eigenvalue weighted by atomic mass is 9.94. The summed E-state index contributed by atoms with van der Waals surface area (Å²) in [6, 6.07) is 10.4. The van der Waals surface area contributed by atoms with Gasteiger partial charge in [0.05, 0.1) is 6.04 Å². The average molecular weight is 515 g/mol. The molecule has 162 valence electrons. The van der Waals surface area contributed by atoms with Gasteiger partial charge in [0.1, 0.15) is 6.54 Å². The summed E-state index contributed by atoms with van der Waals surface area (Å²) < 4.78 is 0. The van der Waals surface area contributed by atoms with Gasteiger partial charge in [0.25, 0.3) is 0 Å². The van der Waals surface area contributed by atoms with Crippen LogP contribution in [0.25, 0.3) is 0 Å². The molecule has 0 bridgehead atoms. The van der Waals surface area contributed by atoms with Gasteiger partial charge in [-0.25, -0.2) is 4.99 Å². The number of nitrogens with zero attached hydrogens (tertiary/aromatic N) is 3. The maximum atomic E-state index is 12.3. The summed E-state index contributed by atoms with van der Waals surface area (Å²) in [7, 11) is 5.30. The van der Waals surface area contributed by atoms with Crippen LogP contribution in [0.3, 0.4) is 0 Å². The Morgan fingerprint density at radius 3 is 2.55 bits per heavy atom. The number of carbonyl (C=O) groups excluding carboxylic acids is 2. The zero-order chi connectivity index (χ0) is 20.7. The summed E-state index contributed by atoms with van der Waals surface area (Å²) in [6.45, 7) is 4.86. The fourth-order valence-electron chi connectivity index (χ4n) is 3.28. The normalized spacial score (nSPS) is 20.1. The molecule has 3 unspecified atom stereocenters. The van der Waals surface area contributed by atoms with Gasteiger partial charge < -0.3 is 20.4 Å². The van der Waals surface area contributed by atoms with Crippen LogP contribution in [0.5, 0.6) is 0 Å². The van der Waals surface area contributed by atoms with Crippen molar-refractivity contribution in [3.63, 3.8) is 0 Å². The quantitative estimate of drug-likeness (QED) is 0.332.